The summed E-state index contributed by atoms with van der Waals surface area (Å²) in [5.41, 5.74) is 0.661. The maximum atomic E-state index is 12.8. The van der Waals surface area contributed by atoms with Crippen molar-refractivity contribution in [2.75, 3.05) is 26.6 Å². The van der Waals surface area contributed by atoms with Crippen LogP contribution in [0.3, 0.4) is 0 Å². The Kier molecular flexibility index (Phi) is 4.84. The largest absolute Gasteiger partial charge is 0.506 e. The van der Waals surface area contributed by atoms with Gasteiger partial charge in [0.2, 0.25) is 5.75 Å². The average Bonchev–Trinajstić information content (AvgIpc) is 2.68. The van der Waals surface area contributed by atoms with Crippen LogP contribution in [0.4, 0.5) is 5.69 Å². The second-order valence-electron chi connectivity index (χ2n) is 5.55. The van der Waals surface area contributed by atoms with Gasteiger partial charge in [0.15, 0.2) is 11.5 Å². The highest BCUT2D eigenvalue weighted by Gasteiger charge is 2.18. The first-order chi connectivity index (χ1) is 12.6. The summed E-state index contributed by atoms with van der Waals surface area (Å²) in [7, 11) is 4.46. The number of amides is 1. The number of carbonyl (C=O) groups is 1. The number of benzene rings is 3. The van der Waals surface area contributed by atoms with E-state index in [1.54, 1.807) is 24.3 Å². The van der Waals surface area contributed by atoms with Crippen LogP contribution in [0.2, 0.25) is 0 Å². The average molecular weight is 353 g/mol. The summed E-state index contributed by atoms with van der Waals surface area (Å²) in [6, 6.07) is 13.9. The van der Waals surface area contributed by atoms with Crippen molar-refractivity contribution >= 4 is 22.4 Å². The van der Waals surface area contributed by atoms with E-state index in [-0.39, 0.29) is 5.75 Å². The Labute approximate surface area is 150 Å². The molecule has 0 aliphatic rings. The molecule has 26 heavy (non-hydrogen) atoms. The maximum Gasteiger partial charge on any atom is 0.256 e. The topological polar surface area (TPSA) is 77.0 Å². The lowest BCUT2D eigenvalue weighted by molar-refractivity contribution is 0.102. The Balaban J connectivity index is 2.03. The number of methoxy groups -OCH3 is 3. The van der Waals surface area contributed by atoms with Crippen LogP contribution in [0.15, 0.2) is 48.5 Å². The minimum atomic E-state index is -0.407. The van der Waals surface area contributed by atoms with Crippen molar-refractivity contribution in [3.8, 4) is 23.0 Å². The zero-order valence-corrected chi connectivity index (χ0v) is 14.7. The maximum absolute atomic E-state index is 12.8. The number of fused-ring (bicyclic) bond motifs is 1. The van der Waals surface area contributed by atoms with Crippen LogP contribution in [-0.4, -0.2) is 32.3 Å². The van der Waals surface area contributed by atoms with Crippen molar-refractivity contribution in [2.45, 2.75) is 0 Å². The van der Waals surface area contributed by atoms with E-state index in [0.29, 0.717) is 28.5 Å². The van der Waals surface area contributed by atoms with Gasteiger partial charge < -0.3 is 24.6 Å². The molecule has 3 rings (SSSR count). The summed E-state index contributed by atoms with van der Waals surface area (Å²) >= 11 is 0. The minimum Gasteiger partial charge on any atom is -0.506 e. The van der Waals surface area contributed by atoms with Gasteiger partial charge in [-0.25, -0.2) is 0 Å². The molecule has 0 unspecified atom stereocenters. The Bertz CT molecular complexity index is 943. The molecule has 0 heterocycles. The molecule has 0 aliphatic heterocycles. The minimum absolute atomic E-state index is 0.00973. The summed E-state index contributed by atoms with van der Waals surface area (Å²) in [6.45, 7) is 0. The lowest BCUT2D eigenvalue weighted by Gasteiger charge is -2.15. The fraction of sp³-hybridized carbons (Fsp3) is 0.150. The van der Waals surface area contributed by atoms with Crippen molar-refractivity contribution in [1.82, 2.24) is 0 Å². The molecule has 134 valence electrons. The summed E-state index contributed by atoms with van der Waals surface area (Å²) in [5, 5.41) is 14.6. The molecular weight excluding hydrogens is 334 g/mol. The molecule has 0 aromatic heterocycles. The third-order valence-corrected chi connectivity index (χ3v) is 4.07. The fourth-order valence-electron chi connectivity index (χ4n) is 2.79. The fourth-order valence-corrected chi connectivity index (χ4v) is 2.79. The van der Waals surface area contributed by atoms with E-state index in [2.05, 4.69) is 5.32 Å². The summed E-state index contributed by atoms with van der Waals surface area (Å²) in [6.07, 6.45) is 0. The van der Waals surface area contributed by atoms with Gasteiger partial charge in [-0.3, -0.25) is 4.79 Å². The number of anilines is 1. The third kappa shape index (κ3) is 3.09. The Morgan fingerprint density at radius 2 is 1.58 bits per heavy atom. The predicted octanol–water partition coefficient (Wildman–Crippen LogP) is 3.82. The molecule has 0 radical (unpaired) electrons. The Morgan fingerprint density at radius 1 is 0.923 bits per heavy atom. The number of aromatic hydroxyl groups is 1. The molecule has 3 aromatic rings. The smallest absolute Gasteiger partial charge is 0.256 e. The zero-order valence-electron chi connectivity index (χ0n) is 14.7. The van der Waals surface area contributed by atoms with Crippen molar-refractivity contribution in [3.63, 3.8) is 0 Å². The van der Waals surface area contributed by atoms with Gasteiger partial charge in [-0.2, -0.15) is 0 Å². The van der Waals surface area contributed by atoms with E-state index in [1.807, 2.05) is 24.3 Å². The summed E-state index contributed by atoms with van der Waals surface area (Å²) in [5.74, 6) is 0.734. The lowest BCUT2D eigenvalue weighted by atomic mass is 10.1. The molecule has 1 amide bonds. The van der Waals surface area contributed by atoms with E-state index in [4.69, 9.17) is 14.2 Å². The van der Waals surface area contributed by atoms with Crippen LogP contribution in [0.25, 0.3) is 10.8 Å². The van der Waals surface area contributed by atoms with Crippen LogP contribution in [0, 0.1) is 0 Å². The van der Waals surface area contributed by atoms with Gasteiger partial charge in [0.1, 0.15) is 5.75 Å². The van der Waals surface area contributed by atoms with Crippen LogP contribution in [-0.2, 0) is 0 Å². The second-order valence-corrected chi connectivity index (χ2v) is 5.55. The molecule has 6 heteroatoms. The first-order valence-corrected chi connectivity index (χ1v) is 7.91. The van der Waals surface area contributed by atoms with Crippen molar-refractivity contribution in [2.24, 2.45) is 0 Å². The Morgan fingerprint density at radius 3 is 2.19 bits per heavy atom. The number of hydrogen-bond donors (Lipinski definition) is 2. The second kappa shape index (κ2) is 7.23. The van der Waals surface area contributed by atoms with E-state index in [1.165, 1.54) is 21.3 Å². The molecule has 0 saturated heterocycles. The number of phenols is 1. The van der Waals surface area contributed by atoms with E-state index < -0.39 is 5.91 Å². The molecule has 2 N–H and O–H groups in total. The number of carbonyl (C=O) groups excluding carboxylic acids is 1. The highest BCUT2D eigenvalue weighted by atomic mass is 16.5. The molecular formula is C20H19NO5. The van der Waals surface area contributed by atoms with Crippen molar-refractivity contribution in [1.29, 1.82) is 0 Å². The highest BCUT2D eigenvalue weighted by molar-refractivity contribution is 6.11. The van der Waals surface area contributed by atoms with Gasteiger partial charge in [0, 0.05) is 10.9 Å². The molecule has 6 nitrogen and oxygen atoms in total. The summed E-state index contributed by atoms with van der Waals surface area (Å²) < 4.78 is 15.8. The van der Waals surface area contributed by atoms with Gasteiger partial charge in [-0.1, -0.05) is 30.3 Å². The van der Waals surface area contributed by atoms with Gasteiger partial charge in [-0.05, 0) is 23.6 Å². The van der Waals surface area contributed by atoms with Gasteiger partial charge in [0.05, 0.1) is 27.0 Å². The monoisotopic (exact) mass is 353 g/mol. The van der Waals surface area contributed by atoms with E-state index in [9.17, 15) is 9.90 Å². The molecule has 0 aliphatic carbocycles. The van der Waals surface area contributed by atoms with E-state index >= 15 is 0 Å². The van der Waals surface area contributed by atoms with Gasteiger partial charge in [0.25, 0.3) is 5.91 Å². The van der Waals surface area contributed by atoms with Crippen molar-refractivity contribution < 1.29 is 24.1 Å². The van der Waals surface area contributed by atoms with Crippen molar-refractivity contribution in [3.05, 3.63) is 54.1 Å². The van der Waals surface area contributed by atoms with Crippen LogP contribution < -0.4 is 19.5 Å². The molecule has 0 atom stereocenters. The molecule has 0 spiro atoms. The standard InChI is InChI=1S/C20H19NO5/c1-24-16-10-13(11-17(25-2)19(16)26-3)20(23)21-18-14-7-5-4-6-12(14)8-9-15(18)22/h4-11,22H,1-3H3,(H,21,23). The van der Waals surface area contributed by atoms with Crippen LogP contribution in [0.5, 0.6) is 23.0 Å². The SMILES string of the molecule is COc1cc(C(=O)Nc2c(O)ccc3ccccc23)cc(OC)c1OC. The summed E-state index contributed by atoms with van der Waals surface area (Å²) in [4.78, 5) is 12.8. The zero-order chi connectivity index (χ0) is 18.7. The first-order valence-electron chi connectivity index (χ1n) is 7.91. The van der Waals surface area contributed by atoms with E-state index in [0.717, 1.165) is 10.8 Å². The van der Waals surface area contributed by atoms with Gasteiger partial charge in [-0.15, -0.1) is 0 Å². The van der Waals surface area contributed by atoms with Crippen LogP contribution in [0.1, 0.15) is 10.4 Å². The number of phenolic OH excluding ortho intramolecular Hbond substituents is 1. The number of nitrogens with one attached hydrogen (secondary N) is 1. The molecule has 0 saturated carbocycles. The highest BCUT2D eigenvalue weighted by Crippen LogP contribution is 2.39. The third-order valence-electron chi connectivity index (χ3n) is 4.07. The Hall–Kier alpha value is -3.41. The molecule has 0 fully saturated rings. The lowest BCUT2D eigenvalue weighted by Crippen LogP contribution is -2.13. The molecule has 3 aromatic carbocycles. The predicted molar refractivity (Wildman–Crippen MR) is 99.7 cm³/mol. The van der Waals surface area contributed by atoms with Crippen LogP contribution >= 0.6 is 0 Å². The number of ether oxygens (including phenoxy) is 3. The first kappa shape index (κ1) is 17.4. The number of rotatable bonds is 5. The molecule has 0 bridgehead atoms. The van der Waals surface area contributed by atoms with Gasteiger partial charge >= 0.3 is 0 Å². The normalized spacial score (nSPS) is 10.4. The quantitative estimate of drug-likeness (QED) is 0.682. The number of hydrogen-bond acceptors (Lipinski definition) is 5.